The minimum absolute atomic E-state index is 0.0750. The first-order valence-electron chi connectivity index (χ1n) is 10.9. The summed E-state index contributed by atoms with van der Waals surface area (Å²) < 4.78 is 17.3. The maximum absolute atomic E-state index is 12.7. The van der Waals surface area contributed by atoms with E-state index in [0.29, 0.717) is 11.3 Å². The zero-order valence-electron chi connectivity index (χ0n) is 19.9. The second-order valence-electron chi connectivity index (χ2n) is 7.94. The van der Waals surface area contributed by atoms with Crippen LogP contribution in [0.5, 0.6) is 5.75 Å². The van der Waals surface area contributed by atoms with E-state index < -0.39 is 11.9 Å². The van der Waals surface area contributed by atoms with Crippen molar-refractivity contribution in [1.82, 2.24) is 0 Å². The summed E-state index contributed by atoms with van der Waals surface area (Å²) >= 11 is 3.44. The number of esters is 1. The van der Waals surface area contributed by atoms with Gasteiger partial charge in [0.1, 0.15) is 23.2 Å². The van der Waals surface area contributed by atoms with E-state index in [1.54, 1.807) is 38.1 Å². The Morgan fingerprint density at radius 1 is 1.20 bits per heavy atom. The van der Waals surface area contributed by atoms with Crippen molar-refractivity contribution in [3.63, 3.8) is 0 Å². The van der Waals surface area contributed by atoms with Crippen molar-refractivity contribution in [2.75, 3.05) is 18.5 Å². The topological polar surface area (TPSA) is 124 Å². The van der Waals surface area contributed by atoms with Gasteiger partial charge in [-0.05, 0) is 68.7 Å². The lowest BCUT2D eigenvalue weighted by atomic mass is 9.83. The summed E-state index contributed by atoms with van der Waals surface area (Å²) in [6, 6.07) is 12.7. The van der Waals surface area contributed by atoms with Crippen molar-refractivity contribution >= 4 is 33.5 Å². The summed E-state index contributed by atoms with van der Waals surface area (Å²) in [6.45, 7) is 7.05. The largest absolute Gasteiger partial charge is 0.484 e. The van der Waals surface area contributed by atoms with E-state index in [1.165, 1.54) is 0 Å². The van der Waals surface area contributed by atoms with Crippen molar-refractivity contribution in [1.29, 1.82) is 5.26 Å². The average Bonchev–Trinajstić information content (AvgIpc) is 2.80. The molecule has 1 atom stereocenters. The Hall–Kier alpha value is -3.77. The van der Waals surface area contributed by atoms with Gasteiger partial charge in [-0.3, -0.25) is 4.79 Å². The highest BCUT2D eigenvalue weighted by Crippen LogP contribution is 2.40. The molecule has 3 N–H and O–H groups in total. The molecule has 1 amide bonds. The Kier molecular flexibility index (Phi) is 8.20. The SMILES string of the molecule is CCOC(=O)C1=C(C)OC(N)=C(C#N)C1c1cccc(OCC(=O)Nc2c(C)cc(Br)cc2C)c1. The molecule has 0 saturated heterocycles. The van der Waals surface area contributed by atoms with Gasteiger partial charge >= 0.3 is 5.97 Å². The van der Waals surface area contributed by atoms with Crippen molar-refractivity contribution in [3.05, 3.63) is 80.3 Å². The van der Waals surface area contributed by atoms with E-state index in [0.717, 1.165) is 21.3 Å². The molecule has 0 aromatic heterocycles. The second kappa shape index (κ2) is 11.1. The maximum Gasteiger partial charge on any atom is 0.338 e. The van der Waals surface area contributed by atoms with Crippen LogP contribution in [0.2, 0.25) is 0 Å². The molecule has 3 rings (SSSR count). The number of benzene rings is 2. The van der Waals surface area contributed by atoms with Gasteiger partial charge in [0.2, 0.25) is 5.88 Å². The number of nitrogens with two attached hydrogens (primary N) is 1. The van der Waals surface area contributed by atoms with Gasteiger partial charge in [0, 0.05) is 10.2 Å². The van der Waals surface area contributed by atoms with Crippen molar-refractivity contribution in [3.8, 4) is 11.8 Å². The molecule has 35 heavy (non-hydrogen) atoms. The summed E-state index contributed by atoms with van der Waals surface area (Å²) in [5.74, 6) is -1.13. The summed E-state index contributed by atoms with van der Waals surface area (Å²) in [6.07, 6.45) is 0. The van der Waals surface area contributed by atoms with Crippen LogP contribution in [0.1, 0.15) is 36.5 Å². The van der Waals surface area contributed by atoms with Gasteiger partial charge in [0.15, 0.2) is 6.61 Å². The average molecular weight is 540 g/mol. The smallest absolute Gasteiger partial charge is 0.338 e. The standard InChI is InChI=1S/C26H26BrN3O5/c1-5-33-26(32)22-16(4)35-25(29)20(12-28)23(22)17-7-6-8-19(11-17)34-13-21(31)30-24-14(2)9-18(27)10-15(24)3/h6-11,23H,5,13,29H2,1-4H3,(H,30,31). The third-order valence-corrected chi connectivity index (χ3v) is 5.88. The van der Waals surface area contributed by atoms with Crippen LogP contribution in [-0.4, -0.2) is 25.1 Å². The van der Waals surface area contributed by atoms with Crippen LogP contribution in [-0.2, 0) is 19.1 Å². The highest BCUT2D eigenvalue weighted by Gasteiger charge is 2.36. The maximum atomic E-state index is 12.7. The third-order valence-electron chi connectivity index (χ3n) is 5.42. The van der Waals surface area contributed by atoms with Gasteiger partial charge in [0.05, 0.1) is 18.1 Å². The fraction of sp³-hybridized carbons (Fsp3) is 0.269. The second-order valence-corrected chi connectivity index (χ2v) is 8.85. The van der Waals surface area contributed by atoms with Crippen LogP contribution in [0.4, 0.5) is 5.69 Å². The van der Waals surface area contributed by atoms with Crippen LogP contribution in [0.15, 0.2) is 63.7 Å². The number of amides is 1. The number of aryl methyl sites for hydroxylation is 2. The first-order chi connectivity index (χ1) is 16.7. The summed E-state index contributed by atoms with van der Waals surface area (Å²) in [5.41, 5.74) is 9.39. The van der Waals surface area contributed by atoms with Crippen LogP contribution >= 0.6 is 15.9 Å². The van der Waals surface area contributed by atoms with E-state index in [1.807, 2.05) is 32.0 Å². The number of rotatable bonds is 7. The Morgan fingerprint density at radius 2 is 1.89 bits per heavy atom. The fourth-order valence-electron chi connectivity index (χ4n) is 3.90. The molecule has 0 spiro atoms. The van der Waals surface area contributed by atoms with Gasteiger partial charge in [0.25, 0.3) is 5.91 Å². The van der Waals surface area contributed by atoms with Crippen LogP contribution < -0.4 is 15.8 Å². The molecular formula is C26H26BrN3O5. The summed E-state index contributed by atoms with van der Waals surface area (Å²) in [4.78, 5) is 25.2. The van der Waals surface area contributed by atoms with Crippen LogP contribution in [0.3, 0.4) is 0 Å². The molecular weight excluding hydrogens is 514 g/mol. The third kappa shape index (κ3) is 5.84. The first kappa shape index (κ1) is 25.8. The van der Waals surface area contributed by atoms with E-state index in [4.69, 9.17) is 19.9 Å². The Morgan fingerprint density at radius 3 is 2.51 bits per heavy atom. The molecule has 1 heterocycles. The van der Waals surface area contributed by atoms with Crippen LogP contribution in [0, 0.1) is 25.2 Å². The molecule has 2 aromatic carbocycles. The lowest BCUT2D eigenvalue weighted by Crippen LogP contribution is -2.25. The van der Waals surface area contributed by atoms with Gasteiger partial charge in [-0.15, -0.1) is 0 Å². The van der Waals surface area contributed by atoms with E-state index in [9.17, 15) is 14.9 Å². The predicted molar refractivity (Wildman–Crippen MR) is 134 cm³/mol. The first-order valence-corrected chi connectivity index (χ1v) is 11.7. The molecule has 0 fully saturated rings. The number of ether oxygens (including phenoxy) is 3. The lowest BCUT2D eigenvalue weighted by molar-refractivity contribution is -0.139. The fourth-order valence-corrected chi connectivity index (χ4v) is 4.59. The number of carbonyl (C=O) groups is 2. The van der Waals surface area contributed by atoms with Gasteiger partial charge in [-0.2, -0.15) is 5.26 Å². The monoisotopic (exact) mass is 539 g/mol. The molecule has 1 unspecified atom stereocenters. The molecule has 0 aliphatic carbocycles. The van der Waals surface area contributed by atoms with Crippen molar-refractivity contribution < 1.29 is 23.8 Å². The molecule has 8 nitrogen and oxygen atoms in total. The van der Waals surface area contributed by atoms with E-state index in [2.05, 4.69) is 21.2 Å². The van der Waals surface area contributed by atoms with Gasteiger partial charge in [-0.25, -0.2) is 4.79 Å². The molecule has 0 saturated carbocycles. The normalized spacial score (nSPS) is 15.3. The number of allylic oxidation sites excluding steroid dienone is 2. The molecule has 9 heteroatoms. The zero-order chi connectivity index (χ0) is 25.7. The molecule has 1 aliphatic rings. The predicted octanol–water partition coefficient (Wildman–Crippen LogP) is 4.73. The number of nitrogens with one attached hydrogen (secondary N) is 1. The number of nitriles is 1. The van der Waals surface area contributed by atoms with Crippen molar-refractivity contribution in [2.45, 2.75) is 33.6 Å². The highest BCUT2D eigenvalue weighted by molar-refractivity contribution is 9.10. The zero-order valence-corrected chi connectivity index (χ0v) is 21.5. The Bertz CT molecular complexity index is 1250. The minimum Gasteiger partial charge on any atom is -0.484 e. The number of hydrogen-bond donors (Lipinski definition) is 2. The number of halogens is 1. The number of carbonyl (C=O) groups excluding carboxylic acids is 2. The molecule has 2 aromatic rings. The van der Waals surface area contributed by atoms with Gasteiger partial charge in [-0.1, -0.05) is 28.1 Å². The number of anilines is 1. The van der Waals surface area contributed by atoms with Crippen molar-refractivity contribution in [2.24, 2.45) is 5.73 Å². The summed E-state index contributed by atoms with van der Waals surface area (Å²) in [7, 11) is 0. The molecule has 0 radical (unpaired) electrons. The van der Waals surface area contributed by atoms with E-state index in [-0.39, 0.29) is 41.9 Å². The summed E-state index contributed by atoms with van der Waals surface area (Å²) in [5, 5.41) is 12.6. The molecule has 182 valence electrons. The number of hydrogen-bond acceptors (Lipinski definition) is 7. The number of nitrogens with zero attached hydrogens (tertiary/aromatic N) is 1. The minimum atomic E-state index is -0.793. The Balaban J connectivity index is 1.83. The van der Waals surface area contributed by atoms with Gasteiger partial charge < -0.3 is 25.3 Å². The lowest BCUT2D eigenvalue weighted by Gasteiger charge is -2.27. The van der Waals surface area contributed by atoms with Crippen LogP contribution in [0.25, 0.3) is 0 Å². The van der Waals surface area contributed by atoms with E-state index >= 15 is 0 Å². The highest BCUT2D eigenvalue weighted by atomic mass is 79.9. The molecule has 1 aliphatic heterocycles. The quantitative estimate of drug-likeness (QED) is 0.487. The molecule has 0 bridgehead atoms. The Labute approximate surface area is 212 Å².